The number of ether oxygens (including phenoxy) is 3. The van der Waals surface area contributed by atoms with E-state index in [1.807, 2.05) is 18.2 Å². The van der Waals surface area contributed by atoms with Crippen molar-refractivity contribution in [2.24, 2.45) is 10.9 Å². The topological polar surface area (TPSA) is 64.1 Å². The van der Waals surface area contributed by atoms with Crippen molar-refractivity contribution < 1.29 is 14.2 Å². The fourth-order valence-electron chi connectivity index (χ4n) is 3.56. The second kappa shape index (κ2) is 10.5. The van der Waals surface area contributed by atoms with E-state index in [2.05, 4.69) is 46.8 Å². The lowest BCUT2D eigenvalue weighted by Gasteiger charge is -2.18. The largest absolute Gasteiger partial charge is 0.493 e. The molecule has 1 saturated heterocycles. The van der Waals surface area contributed by atoms with E-state index in [0.29, 0.717) is 19.7 Å². The van der Waals surface area contributed by atoms with Crippen LogP contribution in [0.15, 0.2) is 47.5 Å². The predicted molar refractivity (Wildman–Crippen MR) is 123 cm³/mol. The van der Waals surface area contributed by atoms with Gasteiger partial charge in [-0.2, -0.15) is 0 Å². The van der Waals surface area contributed by atoms with Crippen molar-refractivity contribution in [3.8, 4) is 11.5 Å². The third-order valence-electron chi connectivity index (χ3n) is 5.66. The lowest BCUT2D eigenvalue weighted by Crippen LogP contribution is -2.36. The van der Waals surface area contributed by atoms with Gasteiger partial charge in [-0.3, -0.25) is 4.99 Å². The highest BCUT2D eigenvalue weighted by atomic mass is 16.5. The molecule has 2 aromatic carbocycles. The molecule has 6 heteroatoms. The van der Waals surface area contributed by atoms with Crippen LogP contribution in [0.25, 0.3) is 0 Å². The Morgan fingerprint density at radius 2 is 1.81 bits per heavy atom. The van der Waals surface area contributed by atoms with Crippen LogP contribution in [-0.4, -0.2) is 38.9 Å². The minimum atomic E-state index is 0.130. The van der Waals surface area contributed by atoms with E-state index in [9.17, 15) is 0 Å². The molecule has 1 heterocycles. The van der Waals surface area contributed by atoms with Crippen LogP contribution in [0.3, 0.4) is 0 Å². The van der Waals surface area contributed by atoms with Gasteiger partial charge in [-0.15, -0.1) is 0 Å². The molecular weight excluding hydrogens is 390 g/mol. The molecular formula is C25H33N3O3. The van der Waals surface area contributed by atoms with Crippen LogP contribution in [0.5, 0.6) is 11.5 Å². The van der Waals surface area contributed by atoms with Crippen molar-refractivity contribution in [1.82, 2.24) is 10.6 Å². The second-order valence-corrected chi connectivity index (χ2v) is 8.36. The molecule has 1 aliphatic carbocycles. The van der Waals surface area contributed by atoms with Crippen molar-refractivity contribution in [1.29, 1.82) is 0 Å². The first kappa shape index (κ1) is 21.5. The number of nitrogens with one attached hydrogen (secondary N) is 2. The number of guanidine groups is 1. The summed E-state index contributed by atoms with van der Waals surface area (Å²) in [6, 6.07) is 14.5. The van der Waals surface area contributed by atoms with Crippen LogP contribution in [0.2, 0.25) is 0 Å². The summed E-state index contributed by atoms with van der Waals surface area (Å²) >= 11 is 0. The molecule has 1 atom stereocenters. The molecule has 1 saturated carbocycles. The zero-order valence-electron chi connectivity index (χ0n) is 18.5. The lowest BCUT2D eigenvalue weighted by atomic mass is 10.1. The van der Waals surface area contributed by atoms with Crippen molar-refractivity contribution >= 4 is 5.96 Å². The summed E-state index contributed by atoms with van der Waals surface area (Å²) in [7, 11) is 1.78. The molecule has 31 heavy (non-hydrogen) atoms. The van der Waals surface area contributed by atoms with Gasteiger partial charge in [0.05, 0.1) is 19.8 Å². The zero-order chi connectivity index (χ0) is 21.5. The van der Waals surface area contributed by atoms with Gasteiger partial charge in [0.25, 0.3) is 0 Å². The quantitative estimate of drug-likeness (QED) is 0.474. The molecule has 2 fully saturated rings. The maximum Gasteiger partial charge on any atom is 0.191 e. The average Bonchev–Trinajstić information content (AvgIpc) is 3.48. The normalized spacial score (nSPS) is 18.6. The first-order chi connectivity index (χ1) is 15.2. The molecule has 0 aromatic heterocycles. The van der Waals surface area contributed by atoms with Crippen molar-refractivity contribution in [2.45, 2.75) is 45.4 Å². The van der Waals surface area contributed by atoms with Gasteiger partial charge < -0.3 is 24.8 Å². The van der Waals surface area contributed by atoms with Gasteiger partial charge in [-0.1, -0.05) is 30.3 Å². The number of aryl methyl sites for hydroxylation is 1. The summed E-state index contributed by atoms with van der Waals surface area (Å²) in [6.07, 6.45) is 3.64. The fourth-order valence-corrected chi connectivity index (χ4v) is 3.56. The SMILES string of the molecule is CN=C(NCc1ccccc1OCC1CC1)NCc1ccc(C)cc1OC1CCOC1. The van der Waals surface area contributed by atoms with E-state index in [1.54, 1.807) is 7.05 Å². The first-order valence-electron chi connectivity index (χ1n) is 11.2. The monoisotopic (exact) mass is 423 g/mol. The third kappa shape index (κ3) is 6.37. The molecule has 2 aromatic rings. The highest BCUT2D eigenvalue weighted by Gasteiger charge is 2.22. The lowest BCUT2D eigenvalue weighted by molar-refractivity contribution is 0.140. The smallest absolute Gasteiger partial charge is 0.191 e. The molecule has 4 rings (SSSR count). The maximum absolute atomic E-state index is 6.21. The highest BCUT2D eigenvalue weighted by Crippen LogP contribution is 2.30. The summed E-state index contributed by atoms with van der Waals surface area (Å²) in [6.45, 7) is 5.60. The summed E-state index contributed by atoms with van der Waals surface area (Å²) in [4.78, 5) is 4.38. The van der Waals surface area contributed by atoms with Gasteiger partial charge in [-0.05, 0) is 43.4 Å². The molecule has 0 radical (unpaired) electrons. The van der Waals surface area contributed by atoms with Crippen LogP contribution >= 0.6 is 0 Å². The molecule has 1 unspecified atom stereocenters. The van der Waals surface area contributed by atoms with Gasteiger partial charge in [0.1, 0.15) is 17.6 Å². The Balaban J connectivity index is 1.33. The minimum absolute atomic E-state index is 0.130. The Kier molecular flexibility index (Phi) is 7.30. The summed E-state index contributed by atoms with van der Waals surface area (Å²) in [5.41, 5.74) is 3.42. The molecule has 2 aliphatic rings. The molecule has 0 spiro atoms. The van der Waals surface area contributed by atoms with Crippen LogP contribution in [0.1, 0.15) is 36.0 Å². The number of para-hydroxylation sites is 1. The number of nitrogens with zero attached hydrogens (tertiary/aromatic N) is 1. The van der Waals surface area contributed by atoms with Gasteiger partial charge in [0.15, 0.2) is 5.96 Å². The van der Waals surface area contributed by atoms with Gasteiger partial charge in [-0.25, -0.2) is 0 Å². The van der Waals surface area contributed by atoms with E-state index < -0.39 is 0 Å². The van der Waals surface area contributed by atoms with Crippen LogP contribution in [0, 0.1) is 12.8 Å². The number of benzene rings is 2. The molecule has 6 nitrogen and oxygen atoms in total. The Morgan fingerprint density at radius 1 is 1.03 bits per heavy atom. The third-order valence-corrected chi connectivity index (χ3v) is 5.66. The van der Waals surface area contributed by atoms with Crippen molar-refractivity contribution in [3.05, 3.63) is 59.2 Å². The van der Waals surface area contributed by atoms with E-state index in [4.69, 9.17) is 14.2 Å². The number of aliphatic imine (C=N–C) groups is 1. The van der Waals surface area contributed by atoms with Gasteiger partial charge in [0, 0.05) is 37.7 Å². The summed E-state index contributed by atoms with van der Waals surface area (Å²) in [5.74, 6) is 3.34. The summed E-state index contributed by atoms with van der Waals surface area (Å²) < 4.78 is 17.7. The molecule has 1 aliphatic heterocycles. The van der Waals surface area contributed by atoms with E-state index in [1.165, 1.54) is 18.4 Å². The molecule has 0 amide bonds. The van der Waals surface area contributed by atoms with Crippen molar-refractivity contribution in [3.63, 3.8) is 0 Å². The minimum Gasteiger partial charge on any atom is -0.493 e. The van der Waals surface area contributed by atoms with Crippen LogP contribution < -0.4 is 20.1 Å². The maximum atomic E-state index is 6.21. The Hall–Kier alpha value is -2.73. The Morgan fingerprint density at radius 3 is 2.52 bits per heavy atom. The standard InChI is InChI=1S/C25H33N3O3/c1-18-7-10-21(24(13-18)31-22-11-12-29-17-22)15-28-25(26-2)27-14-20-5-3-4-6-23(20)30-16-19-8-9-19/h3-7,10,13,19,22H,8-9,11-12,14-17H2,1-2H3,(H2,26,27,28). The van der Waals surface area contributed by atoms with Crippen LogP contribution in [0.4, 0.5) is 0 Å². The Labute approximate surface area is 185 Å². The number of hydrogen-bond acceptors (Lipinski definition) is 4. The number of rotatable bonds is 9. The van der Waals surface area contributed by atoms with Crippen LogP contribution in [-0.2, 0) is 17.8 Å². The first-order valence-corrected chi connectivity index (χ1v) is 11.2. The molecule has 166 valence electrons. The van der Waals surface area contributed by atoms with Crippen molar-refractivity contribution in [2.75, 3.05) is 26.9 Å². The number of hydrogen-bond donors (Lipinski definition) is 2. The predicted octanol–water partition coefficient (Wildman–Crippen LogP) is 3.82. The highest BCUT2D eigenvalue weighted by molar-refractivity contribution is 5.79. The second-order valence-electron chi connectivity index (χ2n) is 8.36. The summed E-state index contributed by atoms with van der Waals surface area (Å²) in [5, 5.41) is 6.81. The van der Waals surface area contributed by atoms with Gasteiger partial charge >= 0.3 is 0 Å². The van der Waals surface area contributed by atoms with E-state index in [0.717, 1.165) is 54.1 Å². The van der Waals surface area contributed by atoms with E-state index >= 15 is 0 Å². The average molecular weight is 424 g/mol. The zero-order valence-corrected chi connectivity index (χ0v) is 18.5. The van der Waals surface area contributed by atoms with Gasteiger partial charge in [0.2, 0.25) is 0 Å². The Bertz CT molecular complexity index is 889. The molecule has 2 N–H and O–H groups in total. The van der Waals surface area contributed by atoms with E-state index in [-0.39, 0.29) is 6.10 Å². The fraction of sp³-hybridized carbons (Fsp3) is 0.480. The molecule has 0 bridgehead atoms.